The van der Waals surface area contributed by atoms with Crippen LogP contribution in [0.5, 0.6) is 0 Å². The molecule has 1 aliphatic carbocycles. The van der Waals surface area contributed by atoms with Gasteiger partial charge < -0.3 is 20.0 Å². The van der Waals surface area contributed by atoms with Crippen LogP contribution in [0.2, 0.25) is 0 Å². The Morgan fingerprint density at radius 3 is 2.74 bits per heavy atom. The van der Waals surface area contributed by atoms with Crippen LogP contribution in [0, 0.1) is 12.3 Å². The zero-order valence-corrected chi connectivity index (χ0v) is 20.5. The molecule has 0 fully saturated rings. The second-order valence-electron chi connectivity index (χ2n) is 9.81. The Balaban J connectivity index is 1.58. The van der Waals surface area contributed by atoms with Crippen molar-refractivity contribution in [3.8, 4) is 0 Å². The highest BCUT2D eigenvalue weighted by molar-refractivity contribution is 7.09. The fourth-order valence-electron chi connectivity index (χ4n) is 4.93. The number of nitrogens with one attached hydrogen (secondary N) is 2. The number of anilines is 2. The molecule has 1 atom stereocenters. The fraction of sp³-hybridized carbons (Fsp3) is 0.333. The number of aryl methyl sites for hydroxylation is 1. The standard InChI is InChI=1S/C27H29N3O3S/c1-17-10-11-23(33-17)26-25-20(13-27(2,3)14-22(25)31)29-19-8-4-5-9-21(19)30(26)16-24(32)28-15-18-7-6-12-34-18/h4-12,26,29H,13-16H2,1-3H3,(H,28,32). The Morgan fingerprint density at radius 1 is 1.18 bits per heavy atom. The van der Waals surface area contributed by atoms with E-state index in [4.69, 9.17) is 4.42 Å². The van der Waals surface area contributed by atoms with Crippen LogP contribution in [-0.4, -0.2) is 18.2 Å². The zero-order chi connectivity index (χ0) is 23.9. The van der Waals surface area contributed by atoms with E-state index >= 15 is 0 Å². The first kappa shape index (κ1) is 22.5. The van der Waals surface area contributed by atoms with E-state index in [0.717, 1.165) is 34.1 Å². The number of carbonyl (C=O) groups excluding carboxylic acids is 2. The lowest BCUT2D eigenvalue weighted by molar-refractivity contribution is -0.121. The first-order valence-electron chi connectivity index (χ1n) is 11.5. The third-order valence-electron chi connectivity index (χ3n) is 6.39. The van der Waals surface area contributed by atoms with Gasteiger partial charge in [0.15, 0.2) is 5.78 Å². The normalized spacial score (nSPS) is 19.2. The van der Waals surface area contributed by atoms with Crippen LogP contribution >= 0.6 is 11.3 Å². The second-order valence-corrected chi connectivity index (χ2v) is 10.8. The molecule has 176 valence electrons. The Morgan fingerprint density at radius 2 is 2.00 bits per heavy atom. The van der Waals surface area contributed by atoms with Gasteiger partial charge in [0.1, 0.15) is 17.6 Å². The predicted octanol–water partition coefficient (Wildman–Crippen LogP) is 5.58. The molecule has 0 saturated carbocycles. The highest BCUT2D eigenvalue weighted by Gasteiger charge is 2.43. The molecule has 0 radical (unpaired) electrons. The summed E-state index contributed by atoms with van der Waals surface area (Å²) in [6.45, 7) is 6.72. The molecule has 1 amide bonds. The first-order chi connectivity index (χ1) is 16.3. The van der Waals surface area contributed by atoms with Gasteiger partial charge in [-0.05, 0) is 54.5 Å². The summed E-state index contributed by atoms with van der Waals surface area (Å²) in [5.74, 6) is 1.43. The van der Waals surface area contributed by atoms with Crippen molar-refractivity contribution in [2.24, 2.45) is 5.41 Å². The number of fused-ring (bicyclic) bond motifs is 1. The molecule has 1 unspecified atom stereocenters. The van der Waals surface area contributed by atoms with E-state index in [1.54, 1.807) is 11.3 Å². The van der Waals surface area contributed by atoms with Crippen LogP contribution in [0.3, 0.4) is 0 Å². The number of allylic oxidation sites excluding steroid dienone is 1. The summed E-state index contributed by atoms with van der Waals surface area (Å²) in [5, 5.41) is 8.59. The fourth-order valence-corrected chi connectivity index (χ4v) is 5.58. The van der Waals surface area contributed by atoms with Crippen LogP contribution in [0.1, 0.15) is 49.1 Å². The number of thiophene rings is 1. The molecule has 3 aromatic rings. The van der Waals surface area contributed by atoms with Gasteiger partial charge >= 0.3 is 0 Å². The monoisotopic (exact) mass is 475 g/mol. The molecule has 0 saturated heterocycles. The summed E-state index contributed by atoms with van der Waals surface area (Å²) in [6, 6.07) is 15.2. The minimum atomic E-state index is -0.490. The average Bonchev–Trinajstić information content (AvgIpc) is 3.42. The highest BCUT2D eigenvalue weighted by Crippen LogP contribution is 2.48. The molecule has 1 aromatic carbocycles. The Hall–Kier alpha value is -3.32. The van der Waals surface area contributed by atoms with Gasteiger partial charge in [-0.2, -0.15) is 0 Å². The summed E-state index contributed by atoms with van der Waals surface area (Å²) in [6.07, 6.45) is 1.20. The van der Waals surface area contributed by atoms with E-state index in [9.17, 15) is 9.59 Å². The topological polar surface area (TPSA) is 74.6 Å². The maximum absolute atomic E-state index is 13.6. The molecule has 0 bridgehead atoms. The Kier molecular flexibility index (Phi) is 5.81. The number of para-hydroxylation sites is 2. The number of benzene rings is 1. The van der Waals surface area contributed by atoms with Crippen molar-refractivity contribution >= 4 is 34.4 Å². The van der Waals surface area contributed by atoms with Gasteiger partial charge in [-0.3, -0.25) is 9.59 Å². The summed E-state index contributed by atoms with van der Waals surface area (Å²) >= 11 is 1.61. The number of rotatable bonds is 5. The average molecular weight is 476 g/mol. The van der Waals surface area contributed by atoms with Crippen molar-refractivity contribution in [2.75, 3.05) is 16.8 Å². The van der Waals surface area contributed by atoms with E-state index in [-0.39, 0.29) is 23.7 Å². The van der Waals surface area contributed by atoms with Crippen LogP contribution < -0.4 is 15.5 Å². The van der Waals surface area contributed by atoms with Gasteiger partial charge in [0.2, 0.25) is 5.91 Å². The SMILES string of the molecule is Cc1ccc(C2C3=C(CC(C)(C)CC3=O)Nc3ccccc3N2CC(=O)NCc2cccs2)o1. The van der Waals surface area contributed by atoms with Crippen LogP contribution in [0.25, 0.3) is 0 Å². The van der Waals surface area contributed by atoms with Crippen molar-refractivity contribution in [2.45, 2.75) is 46.2 Å². The molecular weight excluding hydrogens is 446 g/mol. The van der Waals surface area contributed by atoms with Crippen molar-refractivity contribution in [1.29, 1.82) is 0 Å². The summed E-state index contributed by atoms with van der Waals surface area (Å²) in [5.41, 5.74) is 3.21. The number of Topliss-reactive ketones (excluding diaryl/α,β-unsaturated/α-hetero) is 1. The third kappa shape index (κ3) is 4.40. The number of hydrogen-bond donors (Lipinski definition) is 2. The molecule has 2 aliphatic rings. The lowest BCUT2D eigenvalue weighted by Gasteiger charge is -2.36. The lowest BCUT2D eigenvalue weighted by Crippen LogP contribution is -2.41. The number of amides is 1. The van der Waals surface area contributed by atoms with Gasteiger partial charge in [-0.15, -0.1) is 11.3 Å². The van der Waals surface area contributed by atoms with E-state index in [1.807, 2.05) is 65.7 Å². The van der Waals surface area contributed by atoms with Gasteiger partial charge in [0, 0.05) is 22.6 Å². The van der Waals surface area contributed by atoms with Crippen molar-refractivity contribution < 1.29 is 14.0 Å². The maximum atomic E-state index is 13.6. The van der Waals surface area contributed by atoms with Crippen LogP contribution in [-0.2, 0) is 16.1 Å². The molecule has 7 heteroatoms. The van der Waals surface area contributed by atoms with E-state index < -0.39 is 6.04 Å². The largest absolute Gasteiger partial charge is 0.464 e. The van der Waals surface area contributed by atoms with E-state index in [2.05, 4.69) is 24.5 Å². The maximum Gasteiger partial charge on any atom is 0.239 e. The quantitative estimate of drug-likeness (QED) is 0.504. The van der Waals surface area contributed by atoms with E-state index in [1.165, 1.54) is 0 Å². The van der Waals surface area contributed by atoms with Gasteiger partial charge in [0.25, 0.3) is 0 Å². The molecule has 6 nitrogen and oxygen atoms in total. The Bertz CT molecular complexity index is 1260. The molecule has 0 spiro atoms. The number of carbonyl (C=O) groups is 2. The minimum Gasteiger partial charge on any atom is -0.464 e. The van der Waals surface area contributed by atoms with Gasteiger partial charge in [-0.1, -0.05) is 32.0 Å². The van der Waals surface area contributed by atoms with Crippen molar-refractivity contribution in [1.82, 2.24) is 5.32 Å². The smallest absolute Gasteiger partial charge is 0.239 e. The second kappa shape index (κ2) is 8.80. The summed E-state index contributed by atoms with van der Waals surface area (Å²) in [7, 11) is 0. The van der Waals surface area contributed by atoms with Gasteiger partial charge in [-0.25, -0.2) is 0 Å². The summed E-state index contributed by atoms with van der Waals surface area (Å²) in [4.78, 5) is 29.8. The number of ketones is 1. The number of furan rings is 1. The molecule has 3 heterocycles. The van der Waals surface area contributed by atoms with Crippen molar-refractivity contribution in [3.05, 3.63) is 81.6 Å². The zero-order valence-electron chi connectivity index (χ0n) is 19.7. The highest BCUT2D eigenvalue weighted by atomic mass is 32.1. The molecule has 1 aliphatic heterocycles. The minimum absolute atomic E-state index is 0.0922. The number of nitrogens with zero attached hydrogens (tertiary/aromatic N) is 1. The molecule has 5 rings (SSSR count). The predicted molar refractivity (Wildman–Crippen MR) is 135 cm³/mol. The molecule has 2 aromatic heterocycles. The van der Waals surface area contributed by atoms with E-state index in [0.29, 0.717) is 24.3 Å². The number of hydrogen-bond acceptors (Lipinski definition) is 6. The van der Waals surface area contributed by atoms with Gasteiger partial charge in [0.05, 0.1) is 24.5 Å². The van der Waals surface area contributed by atoms with Crippen molar-refractivity contribution in [3.63, 3.8) is 0 Å². The molecule has 2 N–H and O–H groups in total. The van der Waals surface area contributed by atoms with Crippen LogP contribution in [0.15, 0.2) is 69.6 Å². The lowest BCUT2D eigenvalue weighted by atomic mass is 9.74. The molecular formula is C27H29N3O3S. The third-order valence-corrected chi connectivity index (χ3v) is 7.26. The molecule has 34 heavy (non-hydrogen) atoms. The van der Waals surface area contributed by atoms with Crippen LogP contribution in [0.4, 0.5) is 11.4 Å². The first-order valence-corrected chi connectivity index (χ1v) is 12.4. The summed E-state index contributed by atoms with van der Waals surface area (Å²) < 4.78 is 6.09. The Labute approximate surface area is 203 Å².